The van der Waals surface area contributed by atoms with E-state index in [0.717, 1.165) is 11.3 Å². The molecule has 0 saturated carbocycles. The van der Waals surface area contributed by atoms with Crippen molar-refractivity contribution in [3.8, 4) is 0 Å². The van der Waals surface area contributed by atoms with Gasteiger partial charge in [-0.15, -0.1) is 0 Å². The lowest BCUT2D eigenvalue weighted by molar-refractivity contribution is 0.0526. The summed E-state index contributed by atoms with van der Waals surface area (Å²) in [6, 6.07) is 13.3. The van der Waals surface area contributed by atoms with Crippen LogP contribution in [0.3, 0.4) is 0 Å². The lowest BCUT2D eigenvalue weighted by Gasteiger charge is -2.36. The van der Waals surface area contributed by atoms with Crippen LogP contribution in [0, 0.1) is 5.82 Å². The number of halogens is 1. The number of carbonyl (C=O) groups is 2. The van der Waals surface area contributed by atoms with Crippen LogP contribution in [0.1, 0.15) is 22.8 Å². The quantitative estimate of drug-likeness (QED) is 0.804. The summed E-state index contributed by atoms with van der Waals surface area (Å²) in [7, 11) is 0. The molecular weight excluding hydrogens is 361 g/mol. The smallest absolute Gasteiger partial charge is 0.338 e. The maximum Gasteiger partial charge on any atom is 0.338 e. The Labute approximate surface area is 163 Å². The van der Waals surface area contributed by atoms with Gasteiger partial charge in [0.15, 0.2) is 0 Å². The Morgan fingerprint density at radius 2 is 1.64 bits per heavy atom. The zero-order valence-electron chi connectivity index (χ0n) is 15.9. The molecule has 28 heavy (non-hydrogen) atoms. The van der Waals surface area contributed by atoms with Crippen LogP contribution in [-0.2, 0) is 11.3 Å². The predicted molar refractivity (Wildman–Crippen MR) is 105 cm³/mol. The molecule has 148 valence electrons. The zero-order valence-corrected chi connectivity index (χ0v) is 15.9. The Morgan fingerprint density at radius 3 is 2.25 bits per heavy atom. The summed E-state index contributed by atoms with van der Waals surface area (Å²) in [5.74, 6) is -0.613. The molecule has 0 aliphatic carbocycles. The standard InChI is InChI=1S/C21H24FN3O3/c1-2-28-20(26)17-5-9-19(10-6-17)24-11-13-25(14-12-24)21(27)23-15-16-3-7-18(22)8-4-16/h3-10H,2,11-15H2,1H3,(H,23,27). The monoisotopic (exact) mass is 385 g/mol. The van der Waals surface area contributed by atoms with Crippen molar-refractivity contribution in [2.75, 3.05) is 37.7 Å². The molecule has 3 rings (SSSR count). The highest BCUT2D eigenvalue weighted by molar-refractivity contribution is 5.89. The average Bonchev–Trinajstić information content (AvgIpc) is 2.73. The predicted octanol–water partition coefficient (Wildman–Crippen LogP) is 3.03. The van der Waals surface area contributed by atoms with Crippen LogP contribution < -0.4 is 10.2 Å². The minimum Gasteiger partial charge on any atom is -0.462 e. The number of nitrogens with one attached hydrogen (secondary N) is 1. The van der Waals surface area contributed by atoms with Crippen molar-refractivity contribution in [2.45, 2.75) is 13.5 Å². The Balaban J connectivity index is 1.47. The van der Waals surface area contributed by atoms with Crippen LogP contribution in [0.4, 0.5) is 14.9 Å². The minimum atomic E-state index is -0.323. The number of nitrogens with zero attached hydrogens (tertiary/aromatic N) is 2. The van der Waals surface area contributed by atoms with Crippen molar-refractivity contribution in [1.29, 1.82) is 0 Å². The highest BCUT2D eigenvalue weighted by Crippen LogP contribution is 2.18. The first-order valence-corrected chi connectivity index (χ1v) is 9.36. The van der Waals surface area contributed by atoms with E-state index < -0.39 is 0 Å². The van der Waals surface area contributed by atoms with Gasteiger partial charge in [-0.25, -0.2) is 14.0 Å². The molecule has 7 heteroatoms. The Kier molecular flexibility index (Phi) is 6.47. The second-order valence-electron chi connectivity index (χ2n) is 6.53. The van der Waals surface area contributed by atoms with Crippen LogP contribution in [0.25, 0.3) is 0 Å². The van der Waals surface area contributed by atoms with Crippen LogP contribution >= 0.6 is 0 Å². The SMILES string of the molecule is CCOC(=O)c1ccc(N2CCN(C(=O)NCc3ccc(F)cc3)CC2)cc1. The summed E-state index contributed by atoms with van der Waals surface area (Å²) in [6.45, 7) is 5.14. The van der Waals surface area contributed by atoms with Crippen LogP contribution in [0.5, 0.6) is 0 Å². The van der Waals surface area contributed by atoms with Gasteiger partial charge in [-0.2, -0.15) is 0 Å². The topological polar surface area (TPSA) is 61.9 Å². The molecule has 0 bridgehead atoms. The van der Waals surface area contributed by atoms with Crippen LogP contribution in [0.15, 0.2) is 48.5 Å². The fourth-order valence-corrected chi connectivity index (χ4v) is 3.08. The molecule has 6 nitrogen and oxygen atoms in total. The molecule has 0 radical (unpaired) electrons. The van der Waals surface area contributed by atoms with Crippen molar-refractivity contribution < 1.29 is 18.7 Å². The number of piperazine rings is 1. The third-order valence-corrected chi connectivity index (χ3v) is 4.67. The van der Waals surface area contributed by atoms with E-state index in [1.165, 1.54) is 12.1 Å². The van der Waals surface area contributed by atoms with Crippen LogP contribution in [0.2, 0.25) is 0 Å². The molecule has 1 aliphatic heterocycles. The Bertz CT molecular complexity index is 801. The highest BCUT2D eigenvalue weighted by Gasteiger charge is 2.21. The van der Waals surface area contributed by atoms with E-state index in [1.54, 1.807) is 36.1 Å². The first-order valence-electron chi connectivity index (χ1n) is 9.36. The molecule has 1 heterocycles. The number of hydrogen-bond donors (Lipinski definition) is 1. The van der Waals surface area contributed by atoms with Crippen molar-refractivity contribution in [3.63, 3.8) is 0 Å². The van der Waals surface area contributed by atoms with Crippen molar-refractivity contribution in [2.24, 2.45) is 0 Å². The van der Waals surface area contributed by atoms with Gasteiger partial charge in [0.2, 0.25) is 0 Å². The van der Waals surface area contributed by atoms with Crippen LogP contribution in [-0.4, -0.2) is 49.7 Å². The van der Waals surface area contributed by atoms with Gasteiger partial charge < -0.3 is 19.9 Å². The van der Waals surface area contributed by atoms with E-state index in [0.29, 0.717) is 44.9 Å². The molecule has 0 atom stereocenters. The minimum absolute atomic E-state index is 0.123. The average molecular weight is 385 g/mol. The second kappa shape index (κ2) is 9.21. The molecule has 2 aromatic carbocycles. The van der Waals surface area contributed by atoms with Gasteiger partial charge >= 0.3 is 12.0 Å². The molecule has 0 unspecified atom stereocenters. The zero-order chi connectivity index (χ0) is 19.9. The first-order chi connectivity index (χ1) is 13.6. The van der Waals surface area contributed by atoms with E-state index in [9.17, 15) is 14.0 Å². The number of ether oxygens (including phenoxy) is 1. The summed E-state index contributed by atoms with van der Waals surface area (Å²) in [6.07, 6.45) is 0. The maximum absolute atomic E-state index is 12.9. The number of urea groups is 1. The van der Waals surface area contributed by atoms with Gasteiger partial charge in [-0.1, -0.05) is 12.1 Å². The molecule has 2 aromatic rings. The van der Waals surface area contributed by atoms with Gasteiger partial charge in [-0.05, 0) is 48.9 Å². The normalized spacial score (nSPS) is 13.9. The summed E-state index contributed by atoms with van der Waals surface area (Å²) in [5.41, 5.74) is 2.40. The number of anilines is 1. The van der Waals surface area contributed by atoms with Gasteiger partial charge in [0.1, 0.15) is 5.82 Å². The Morgan fingerprint density at radius 1 is 1.00 bits per heavy atom. The number of amides is 2. The summed E-state index contributed by atoms with van der Waals surface area (Å²) in [4.78, 5) is 28.0. The molecule has 1 aliphatic rings. The van der Waals surface area contributed by atoms with E-state index >= 15 is 0 Å². The molecule has 1 N–H and O–H groups in total. The molecule has 1 fully saturated rings. The lowest BCUT2D eigenvalue weighted by atomic mass is 10.2. The van der Waals surface area contributed by atoms with E-state index in [1.807, 2.05) is 12.1 Å². The largest absolute Gasteiger partial charge is 0.462 e. The van der Waals surface area contributed by atoms with E-state index in [4.69, 9.17) is 4.74 Å². The molecule has 2 amide bonds. The first kappa shape index (κ1) is 19.7. The van der Waals surface area contributed by atoms with Gasteiger partial charge in [0, 0.05) is 38.4 Å². The summed E-state index contributed by atoms with van der Waals surface area (Å²) < 4.78 is 17.9. The third kappa shape index (κ3) is 5.00. The molecule has 0 spiro atoms. The number of rotatable bonds is 5. The number of hydrogen-bond acceptors (Lipinski definition) is 4. The van der Waals surface area contributed by atoms with Crippen molar-refractivity contribution in [3.05, 3.63) is 65.5 Å². The number of benzene rings is 2. The maximum atomic E-state index is 12.9. The lowest BCUT2D eigenvalue weighted by Crippen LogP contribution is -2.51. The number of carbonyl (C=O) groups excluding carboxylic acids is 2. The summed E-state index contributed by atoms with van der Waals surface area (Å²) in [5, 5.41) is 2.87. The van der Waals surface area contributed by atoms with Crippen molar-refractivity contribution >= 4 is 17.7 Å². The molecule has 1 saturated heterocycles. The van der Waals surface area contributed by atoms with E-state index in [-0.39, 0.29) is 17.8 Å². The highest BCUT2D eigenvalue weighted by atomic mass is 19.1. The molecular formula is C21H24FN3O3. The fraction of sp³-hybridized carbons (Fsp3) is 0.333. The molecule has 0 aromatic heterocycles. The fourth-order valence-electron chi connectivity index (χ4n) is 3.08. The summed E-state index contributed by atoms with van der Waals surface area (Å²) >= 11 is 0. The van der Waals surface area contributed by atoms with Crippen molar-refractivity contribution in [1.82, 2.24) is 10.2 Å². The third-order valence-electron chi connectivity index (χ3n) is 4.67. The van der Waals surface area contributed by atoms with Gasteiger partial charge in [0.05, 0.1) is 12.2 Å². The Hall–Kier alpha value is -3.09. The van der Waals surface area contributed by atoms with E-state index in [2.05, 4.69) is 10.2 Å². The second-order valence-corrected chi connectivity index (χ2v) is 6.53. The number of esters is 1. The van der Waals surface area contributed by atoms with Gasteiger partial charge in [0.25, 0.3) is 0 Å². The van der Waals surface area contributed by atoms with Gasteiger partial charge in [-0.3, -0.25) is 0 Å².